The first-order chi connectivity index (χ1) is 10.8. The van der Waals surface area contributed by atoms with Gasteiger partial charge in [-0.1, -0.05) is 39.0 Å². The van der Waals surface area contributed by atoms with Crippen LogP contribution in [0, 0.1) is 11.3 Å². The van der Waals surface area contributed by atoms with Crippen LogP contribution in [-0.2, 0) is 17.4 Å². The Hall–Kier alpha value is -1.57. The van der Waals surface area contributed by atoms with Gasteiger partial charge in [-0.05, 0) is 36.2 Å². The zero-order chi connectivity index (χ0) is 17.1. The second-order valence-electron chi connectivity index (χ2n) is 7.66. The average molecular weight is 329 g/mol. The van der Waals surface area contributed by atoms with Gasteiger partial charge < -0.3 is 8.99 Å². The van der Waals surface area contributed by atoms with E-state index in [4.69, 9.17) is 9.69 Å². The van der Waals surface area contributed by atoms with E-state index in [1.54, 1.807) is 0 Å². The van der Waals surface area contributed by atoms with Crippen molar-refractivity contribution in [1.29, 1.82) is 5.26 Å². The summed E-state index contributed by atoms with van der Waals surface area (Å²) < 4.78 is 8.52. The van der Waals surface area contributed by atoms with Crippen molar-refractivity contribution in [2.75, 3.05) is 6.61 Å². The van der Waals surface area contributed by atoms with Gasteiger partial charge in [-0.3, -0.25) is 0 Å². The molecule has 2 aromatic rings. The lowest BCUT2D eigenvalue weighted by molar-refractivity contribution is 0.275. The van der Waals surface area contributed by atoms with Crippen LogP contribution in [0.25, 0.3) is 10.9 Å². The van der Waals surface area contributed by atoms with Crippen LogP contribution >= 0.6 is 0 Å². The zero-order valence-corrected chi connectivity index (χ0v) is 16.0. The van der Waals surface area contributed by atoms with Crippen molar-refractivity contribution in [2.45, 2.75) is 58.3 Å². The van der Waals surface area contributed by atoms with E-state index >= 15 is 0 Å². The number of hydrogen-bond acceptors (Lipinski definition) is 2. The molecular weight excluding hydrogens is 300 g/mol. The van der Waals surface area contributed by atoms with Crippen LogP contribution in [0.4, 0.5) is 0 Å². The number of nitriles is 1. The van der Waals surface area contributed by atoms with Gasteiger partial charge >= 0.3 is 0 Å². The summed E-state index contributed by atoms with van der Waals surface area (Å²) in [4.78, 5) is 0. The van der Waals surface area contributed by atoms with E-state index < -0.39 is 8.32 Å². The minimum absolute atomic E-state index is 0.257. The zero-order valence-electron chi connectivity index (χ0n) is 15.0. The molecule has 0 amide bonds. The van der Waals surface area contributed by atoms with E-state index in [0.29, 0.717) is 6.42 Å². The summed E-state index contributed by atoms with van der Waals surface area (Å²) in [6, 6.07) is 10.6. The smallest absolute Gasteiger partial charge is 0.191 e. The molecule has 0 unspecified atom stereocenters. The van der Waals surface area contributed by atoms with Crippen molar-refractivity contribution in [2.24, 2.45) is 0 Å². The highest BCUT2D eigenvalue weighted by molar-refractivity contribution is 6.74. The van der Waals surface area contributed by atoms with Crippen LogP contribution in [0.15, 0.2) is 30.5 Å². The van der Waals surface area contributed by atoms with Crippen molar-refractivity contribution < 1.29 is 4.43 Å². The number of aryl methyl sites for hydroxylation is 1. The Bertz CT molecular complexity index is 704. The fourth-order valence-corrected chi connectivity index (χ4v) is 3.60. The molecule has 0 N–H and O–H groups in total. The van der Waals surface area contributed by atoms with Crippen molar-refractivity contribution in [1.82, 2.24) is 4.57 Å². The monoisotopic (exact) mass is 328 g/mol. The molecule has 0 aliphatic carbocycles. The molecule has 0 fully saturated rings. The predicted octanol–water partition coefficient (Wildman–Crippen LogP) is 5.12. The number of fused-ring (bicyclic) bond motifs is 1. The number of para-hydroxylation sites is 1. The Morgan fingerprint density at radius 3 is 2.57 bits per heavy atom. The molecule has 1 heterocycles. The molecule has 1 aromatic heterocycles. The third-order valence-corrected chi connectivity index (χ3v) is 9.49. The fourth-order valence-electron chi connectivity index (χ4n) is 2.51. The fraction of sp³-hybridized carbons (Fsp3) is 0.526. The van der Waals surface area contributed by atoms with Crippen LogP contribution in [0.3, 0.4) is 0 Å². The quantitative estimate of drug-likeness (QED) is 0.545. The highest BCUT2D eigenvalue weighted by atomic mass is 28.4. The second-order valence-corrected chi connectivity index (χ2v) is 12.5. The van der Waals surface area contributed by atoms with E-state index in [1.165, 1.54) is 10.9 Å². The van der Waals surface area contributed by atoms with Gasteiger partial charge in [0.15, 0.2) is 8.32 Å². The number of nitrogens with zero attached hydrogens (tertiary/aromatic N) is 2. The summed E-state index contributed by atoms with van der Waals surface area (Å²) in [6.45, 7) is 13.1. The molecule has 0 saturated heterocycles. The van der Waals surface area contributed by atoms with Gasteiger partial charge in [0.1, 0.15) is 0 Å². The summed E-state index contributed by atoms with van der Waals surface area (Å²) in [5.74, 6) is 0. The van der Waals surface area contributed by atoms with Crippen molar-refractivity contribution in [3.63, 3.8) is 0 Å². The Kier molecular flexibility index (Phi) is 5.33. The Morgan fingerprint density at radius 1 is 1.22 bits per heavy atom. The summed E-state index contributed by atoms with van der Waals surface area (Å²) >= 11 is 0. The molecule has 1 aromatic carbocycles. The summed E-state index contributed by atoms with van der Waals surface area (Å²) in [6.07, 6.45) is 3.59. The molecular formula is C19H28N2OSi. The largest absolute Gasteiger partial charge is 0.417 e. The molecule has 0 spiro atoms. The first-order valence-corrected chi connectivity index (χ1v) is 11.2. The van der Waals surface area contributed by atoms with Crippen molar-refractivity contribution in [3.05, 3.63) is 36.0 Å². The maximum atomic E-state index is 8.99. The number of aromatic nitrogens is 1. The van der Waals surface area contributed by atoms with Crippen LogP contribution in [0.5, 0.6) is 0 Å². The molecule has 0 atom stereocenters. The molecule has 0 radical (unpaired) electrons. The van der Waals surface area contributed by atoms with Crippen molar-refractivity contribution >= 4 is 19.2 Å². The third-order valence-electron chi connectivity index (χ3n) is 4.95. The third kappa shape index (κ3) is 4.04. The molecule has 0 aliphatic rings. The standard InChI is InChI=1S/C19H28N2OSi/c1-19(2,3)23(4,5)22-14-8-13-21-15-16(11-12-20)17-9-6-7-10-18(17)21/h6-7,9-10,15H,8,11,13-14H2,1-5H3. The molecule has 124 valence electrons. The minimum atomic E-state index is -1.66. The van der Waals surface area contributed by atoms with E-state index in [2.05, 4.69) is 68.9 Å². The molecule has 4 heteroatoms. The van der Waals surface area contributed by atoms with Crippen molar-refractivity contribution in [3.8, 4) is 6.07 Å². The first-order valence-electron chi connectivity index (χ1n) is 8.34. The van der Waals surface area contributed by atoms with Gasteiger partial charge in [0, 0.05) is 30.3 Å². The number of hydrogen-bond donors (Lipinski definition) is 0. The highest BCUT2D eigenvalue weighted by Crippen LogP contribution is 2.36. The predicted molar refractivity (Wildman–Crippen MR) is 99.0 cm³/mol. The molecule has 0 saturated carbocycles. The lowest BCUT2D eigenvalue weighted by Crippen LogP contribution is -2.41. The number of rotatable bonds is 6. The topological polar surface area (TPSA) is 38.0 Å². The summed E-state index contributed by atoms with van der Waals surface area (Å²) in [7, 11) is -1.66. The van der Waals surface area contributed by atoms with E-state index in [0.717, 1.165) is 25.1 Å². The van der Waals surface area contributed by atoms with Gasteiger partial charge in [0.25, 0.3) is 0 Å². The molecule has 0 aliphatic heterocycles. The maximum Gasteiger partial charge on any atom is 0.191 e. The summed E-state index contributed by atoms with van der Waals surface area (Å²) in [5.41, 5.74) is 2.33. The van der Waals surface area contributed by atoms with Gasteiger partial charge in [-0.15, -0.1) is 0 Å². The van der Waals surface area contributed by atoms with Crippen LogP contribution in [0.1, 0.15) is 32.8 Å². The van der Waals surface area contributed by atoms with E-state index in [-0.39, 0.29) is 5.04 Å². The SMILES string of the molecule is CC(C)(C)[Si](C)(C)OCCCn1cc(CC#N)c2ccccc21. The molecule has 23 heavy (non-hydrogen) atoms. The lowest BCUT2D eigenvalue weighted by atomic mass is 10.1. The van der Waals surface area contributed by atoms with E-state index in [1.807, 2.05) is 6.07 Å². The van der Waals surface area contributed by atoms with Gasteiger partial charge in [-0.25, -0.2) is 0 Å². The van der Waals surface area contributed by atoms with Crippen LogP contribution < -0.4 is 0 Å². The second kappa shape index (κ2) is 6.90. The lowest BCUT2D eigenvalue weighted by Gasteiger charge is -2.36. The normalized spacial score (nSPS) is 12.5. The van der Waals surface area contributed by atoms with Gasteiger partial charge in [-0.2, -0.15) is 5.26 Å². The van der Waals surface area contributed by atoms with Gasteiger partial charge in [0.2, 0.25) is 0 Å². The minimum Gasteiger partial charge on any atom is -0.417 e. The van der Waals surface area contributed by atoms with Crippen LogP contribution in [0.2, 0.25) is 18.1 Å². The highest BCUT2D eigenvalue weighted by Gasteiger charge is 2.36. The molecule has 2 rings (SSSR count). The van der Waals surface area contributed by atoms with Crippen LogP contribution in [-0.4, -0.2) is 19.5 Å². The molecule has 3 nitrogen and oxygen atoms in total. The number of benzene rings is 1. The van der Waals surface area contributed by atoms with Gasteiger partial charge in [0.05, 0.1) is 12.5 Å². The maximum absolute atomic E-state index is 8.99. The Balaban J connectivity index is 2.02. The molecule has 0 bridgehead atoms. The summed E-state index contributed by atoms with van der Waals surface area (Å²) in [5, 5.41) is 10.4. The van der Waals surface area contributed by atoms with E-state index in [9.17, 15) is 0 Å². The Labute approximate surface area is 141 Å². The Morgan fingerprint density at radius 2 is 1.91 bits per heavy atom. The first kappa shape index (κ1) is 17.8. The average Bonchev–Trinajstić information content (AvgIpc) is 2.82.